The van der Waals surface area contributed by atoms with Crippen molar-refractivity contribution in [3.05, 3.63) is 101 Å². The Morgan fingerprint density at radius 2 is 1.96 bits per heavy atom. The largest absolute Gasteiger partial charge is 0.503 e. The number of nitrogens with zero attached hydrogens (tertiary/aromatic N) is 2. The molecular formula is C21H15FN2O4. The number of halogens is 1. The van der Waals surface area contributed by atoms with Crippen molar-refractivity contribution in [2.24, 2.45) is 0 Å². The van der Waals surface area contributed by atoms with Gasteiger partial charge in [0.1, 0.15) is 5.82 Å². The van der Waals surface area contributed by atoms with Gasteiger partial charge in [-0.15, -0.1) is 0 Å². The van der Waals surface area contributed by atoms with Crippen molar-refractivity contribution in [2.45, 2.75) is 12.6 Å². The van der Waals surface area contributed by atoms with Crippen LogP contribution in [0.2, 0.25) is 0 Å². The second-order valence-electron chi connectivity index (χ2n) is 6.32. The number of rotatable bonds is 5. The van der Waals surface area contributed by atoms with E-state index >= 15 is 0 Å². The Labute approximate surface area is 159 Å². The van der Waals surface area contributed by atoms with Crippen LogP contribution in [-0.4, -0.2) is 26.7 Å². The minimum Gasteiger partial charge on any atom is -0.503 e. The van der Waals surface area contributed by atoms with Crippen LogP contribution in [0, 0.1) is 5.82 Å². The number of Topliss-reactive ketones (excluding diaryl/α,β-unsaturated/α-hetero) is 1. The van der Waals surface area contributed by atoms with Crippen LogP contribution in [0.15, 0.2) is 82.9 Å². The predicted molar refractivity (Wildman–Crippen MR) is 96.6 cm³/mol. The molecule has 2 aromatic heterocycles. The Morgan fingerprint density at radius 3 is 2.61 bits per heavy atom. The summed E-state index contributed by atoms with van der Waals surface area (Å²) in [5, 5.41) is 10.5. The number of carbonyl (C=O) groups excluding carboxylic acids is 2. The summed E-state index contributed by atoms with van der Waals surface area (Å²) < 4.78 is 18.4. The third kappa shape index (κ3) is 3.07. The van der Waals surface area contributed by atoms with Crippen molar-refractivity contribution >= 4 is 11.7 Å². The number of carbonyl (C=O) groups is 2. The number of aromatic nitrogens is 1. The SMILES string of the molecule is O=C(C1=C(O)C(=O)N(Cc2ccc(F)cc2)C1c1cccnc1)c1ccco1. The Kier molecular flexibility index (Phi) is 4.49. The molecule has 6 nitrogen and oxygen atoms in total. The molecule has 0 saturated carbocycles. The number of aliphatic hydroxyl groups is 1. The lowest BCUT2D eigenvalue weighted by atomic mass is 9.96. The van der Waals surface area contributed by atoms with E-state index in [1.165, 1.54) is 35.6 Å². The van der Waals surface area contributed by atoms with Crippen LogP contribution in [0.25, 0.3) is 0 Å². The Morgan fingerprint density at radius 1 is 1.18 bits per heavy atom. The predicted octanol–water partition coefficient (Wildman–Crippen LogP) is 3.59. The first-order valence-corrected chi connectivity index (χ1v) is 8.53. The topological polar surface area (TPSA) is 83.6 Å². The number of benzene rings is 1. The molecule has 0 radical (unpaired) electrons. The maximum absolute atomic E-state index is 13.2. The first kappa shape index (κ1) is 17.7. The fraction of sp³-hybridized carbons (Fsp3) is 0.0952. The molecule has 1 aliphatic heterocycles. The van der Waals surface area contributed by atoms with E-state index in [1.807, 2.05) is 0 Å². The van der Waals surface area contributed by atoms with Gasteiger partial charge < -0.3 is 14.4 Å². The Hall–Kier alpha value is -3.74. The van der Waals surface area contributed by atoms with Gasteiger partial charge in [-0.05, 0) is 41.5 Å². The summed E-state index contributed by atoms with van der Waals surface area (Å²) in [5.74, 6) is -2.27. The summed E-state index contributed by atoms with van der Waals surface area (Å²) in [4.78, 5) is 31.1. The van der Waals surface area contributed by atoms with E-state index in [1.54, 1.807) is 36.5 Å². The molecule has 1 unspecified atom stereocenters. The lowest BCUT2D eigenvalue weighted by molar-refractivity contribution is -0.130. The van der Waals surface area contributed by atoms with Crippen LogP contribution in [0.5, 0.6) is 0 Å². The number of aliphatic hydroxyl groups excluding tert-OH is 1. The van der Waals surface area contributed by atoms with Gasteiger partial charge in [0.15, 0.2) is 11.5 Å². The second kappa shape index (κ2) is 7.11. The zero-order valence-electron chi connectivity index (χ0n) is 14.6. The number of hydrogen-bond acceptors (Lipinski definition) is 5. The third-order valence-corrected chi connectivity index (χ3v) is 4.56. The van der Waals surface area contributed by atoms with Crippen molar-refractivity contribution in [1.82, 2.24) is 9.88 Å². The number of ketones is 1. The standard InChI is InChI=1S/C21H15FN2O4/c22-15-7-5-13(6-8-15)12-24-18(14-3-1-9-23-11-14)17(20(26)21(24)27)19(25)16-4-2-10-28-16/h1-11,18,26H,12H2. The van der Waals surface area contributed by atoms with E-state index < -0.39 is 29.3 Å². The average molecular weight is 378 g/mol. The highest BCUT2D eigenvalue weighted by Crippen LogP contribution is 2.39. The molecule has 1 aliphatic rings. The molecule has 0 bridgehead atoms. The van der Waals surface area contributed by atoms with Crippen molar-refractivity contribution in [3.63, 3.8) is 0 Å². The molecule has 1 aromatic carbocycles. The van der Waals surface area contributed by atoms with Gasteiger partial charge >= 0.3 is 0 Å². The summed E-state index contributed by atoms with van der Waals surface area (Å²) in [5.41, 5.74) is 1.15. The summed E-state index contributed by atoms with van der Waals surface area (Å²) >= 11 is 0. The number of amides is 1. The summed E-state index contributed by atoms with van der Waals surface area (Å²) in [7, 11) is 0. The molecule has 28 heavy (non-hydrogen) atoms. The molecule has 0 saturated heterocycles. The van der Waals surface area contributed by atoms with Gasteiger partial charge in [-0.1, -0.05) is 18.2 Å². The van der Waals surface area contributed by atoms with Crippen LogP contribution >= 0.6 is 0 Å². The Balaban J connectivity index is 1.77. The molecule has 4 rings (SSSR count). The normalized spacial score (nSPS) is 16.7. The minimum absolute atomic E-state index is 0.0203. The number of furan rings is 1. The van der Waals surface area contributed by atoms with Crippen molar-refractivity contribution in [3.8, 4) is 0 Å². The van der Waals surface area contributed by atoms with Gasteiger partial charge in [0, 0.05) is 18.9 Å². The molecule has 3 aromatic rings. The third-order valence-electron chi connectivity index (χ3n) is 4.56. The van der Waals surface area contributed by atoms with Gasteiger partial charge in [-0.2, -0.15) is 0 Å². The zero-order valence-corrected chi connectivity index (χ0v) is 14.6. The van der Waals surface area contributed by atoms with E-state index in [0.29, 0.717) is 11.1 Å². The molecule has 0 aliphatic carbocycles. The monoisotopic (exact) mass is 378 g/mol. The van der Waals surface area contributed by atoms with Crippen LogP contribution in [0.1, 0.15) is 27.7 Å². The fourth-order valence-electron chi connectivity index (χ4n) is 3.26. The molecule has 0 fully saturated rings. The quantitative estimate of drug-likeness (QED) is 0.686. The zero-order chi connectivity index (χ0) is 19.7. The molecule has 1 atom stereocenters. The van der Waals surface area contributed by atoms with E-state index in [0.717, 1.165) is 0 Å². The maximum Gasteiger partial charge on any atom is 0.290 e. The maximum atomic E-state index is 13.2. The highest BCUT2D eigenvalue weighted by Gasteiger charge is 2.44. The van der Waals surface area contributed by atoms with E-state index in [4.69, 9.17) is 4.42 Å². The molecule has 3 heterocycles. The molecule has 1 amide bonds. The summed E-state index contributed by atoms with van der Waals surface area (Å²) in [6.07, 6.45) is 4.45. The van der Waals surface area contributed by atoms with Gasteiger partial charge in [0.25, 0.3) is 5.91 Å². The molecule has 0 spiro atoms. The first-order chi connectivity index (χ1) is 13.6. The van der Waals surface area contributed by atoms with Gasteiger partial charge in [0.05, 0.1) is 17.9 Å². The number of pyridine rings is 1. The van der Waals surface area contributed by atoms with Crippen LogP contribution in [0.3, 0.4) is 0 Å². The highest BCUT2D eigenvalue weighted by atomic mass is 19.1. The molecular weight excluding hydrogens is 363 g/mol. The smallest absolute Gasteiger partial charge is 0.290 e. The van der Waals surface area contributed by atoms with E-state index in [9.17, 15) is 19.1 Å². The molecule has 1 N–H and O–H groups in total. The lowest BCUT2D eigenvalue weighted by Gasteiger charge is -2.26. The van der Waals surface area contributed by atoms with Gasteiger partial charge in [-0.25, -0.2) is 4.39 Å². The summed E-state index contributed by atoms with van der Waals surface area (Å²) in [6, 6.07) is 11.3. The van der Waals surface area contributed by atoms with E-state index in [-0.39, 0.29) is 17.9 Å². The molecule has 140 valence electrons. The van der Waals surface area contributed by atoms with Gasteiger partial charge in [-0.3, -0.25) is 14.6 Å². The molecule has 7 heteroatoms. The lowest BCUT2D eigenvalue weighted by Crippen LogP contribution is -2.30. The average Bonchev–Trinajstić information content (AvgIpc) is 3.33. The second-order valence-corrected chi connectivity index (χ2v) is 6.32. The van der Waals surface area contributed by atoms with Gasteiger partial charge in [0.2, 0.25) is 5.78 Å². The minimum atomic E-state index is -0.844. The highest BCUT2D eigenvalue weighted by molar-refractivity contribution is 6.14. The van der Waals surface area contributed by atoms with Crippen molar-refractivity contribution in [1.29, 1.82) is 0 Å². The summed E-state index contributed by atoms with van der Waals surface area (Å²) in [6.45, 7) is 0.0810. The van der Waals surface area contributed by atoms with Crippen LogP contribution < -0.4 is 0 Å². The fourth-order valence-corrected chi connectivity index (χ4v) is 3.26. The Bertz CT molecular complexity index is 1040. The number of hydrogen-bond donors (Lipinski definition) is 1. The first-order valence-electron chi connectivity index (χ1n) is 8.53. The van der Waals surface area contributed by atoms with Crippen LogP contribution in [-0.2, 0) is 11.3 Å². The van der Waals surface area contributed by atoms with Crippen LogP contribution in [0.4, 0.5) is 4.39 Å². The van der Waals surface area contributed by atoms with E-state index in [2.05, 4.69) is 4.98 Å². The van der Waals surface area contributed by atoms with Crippen molar-refractivity contribution < 1.29 is 23.5 Å². The van der Waals surface area contributed by atoms with Crippen molar-refractivity contribution in [2.75, 3.05) is 0 Å².